The molecule has 3 N–H and O–H groups in total. The third-order valence-corrected chi connectivity index (χ3v) is 3.69. The van der Waals surface area contributed by atoms with Crippen molar-refractivity contribution in [3.63, 3.8) is 0 Å². The summed E-state index contributed by atoms with van der Waals surface area (Å²) in [6.45, 7) is 9.77. The summed E-state index contributed by atoms with van der Waals surface area (Å²) in [7, 11) is 0. The molecule has 1 fully saturated rings. The summed E-state index contributed by atoms with van der Waals surface area (Å²) in [5.74, 6) is 0.0473. The van der Waals surface area contributed by atoms with Crippen LogP contribution in [-0.2, 0) is 4.74 Å². The minimum absolute atomic E-state index is 0.0473. The summed E-state index contributed by atoms with van der Waals surface area (Å²) in [6.07, 6.45) is 0. The first-order valence-corrected chi connectivity index (χ1v) is 7.24. The molecule has 0 bridgehead atoms. The Bertz CT molecular complexity index is 554. The van der Waals surface area contributed by atoms with Gasteiger partial charge in [0.25, 0.3) is 0 Å². The maximum absolute atomic E-state index is 8.73. The van der Waals surface area contributed by atoms with Gasteiger partial charge in [0.2, 0.25) is 0 Å². The van der Waals surface area contributed by atoms with E-state index >= 15 is 0 Å². The number of nitrogens with two attached hydrogens (primary N) is 1. The molecule has 0 radical (unpaired) electrons. The number of morpholine rings is 1. The van der Waals surface area contributed by atoms with Crippen LogP contribution < -0.4 is 10.6 Å². The van der Waals surface area contributed by atoms with Gasteiger partial charge in [-0.15, -0.1) is 0 Å². The highest BCUT2D eigenvalue weighted by Gasteiger charge is 2.38. The number of nitrogens with zero attached hydrogens (tertiary/aromatic N) is 2. The second-order valence-corrected chi connectivity index (χ2v) is 7.04. The van der Waals surface area contributed by atoms with Crippen molar-refractivity contribution in [2.24, 2.45) is 10.9 Å². The second kappa shape index (κ2) is 5.39. The first-order chi connectivity index (χ1) is 9.63. The Hall–Kier alpha value is -1.46. The number of benzene rings is 1. The van der Waals surface area contributed by atoms with Gasteiger partial charge < -0.3 is 20.6 Å². The third-order valence-electron chi connectivity index (χ3n) is 3.39. The molecular weight excluding hydrogens is 290 g/mol. The molecule has 0 aliphatic carbocycles. The normalized spacial score (nSPS) is 21.4. The number of rotatable bonds is 2. The highest BCUT2D eigenvalue weighted by atomic mass is 35.5. The molecule has 0 spiro atoms. The van der Waals surface area contributed by atoms with Crippen LogP contribution in [0.4, 0.5) is 5.69 Å². The van der Waals surface area contributed by atoms with E-state index in [0.717, 1.165) is 18.8 Å². The first kappa shape index (κ1) is 15.9. The average Bonchev–Trinajstić information content (AvgIpc) is 2.33. The van der Waals surface area contributed by atoms with E-state index in [2.05, 4.69) is 37.8 Å². The second-order valence-electron chi connectivity index (χ2n) is 6.63. The Balaban J connectivity index is 2.34. The molecular formula is C15H22ClN3O2. The lowest BCUT2D eigenvalue weighted by molar-refractivity contribution is -0.133. The Kier molecular flexibility index (Phi) is 4.08. The molecule has 0 amide bonds. The van der Waals surface area contributed by atoms with E-state index < -0.39 is 0 Å². The number of anilines is 1. The molecule has 1 aliphatic heterocycles. The van der Waals surface area contributed by atoms with Crippen LogP contribution >= 0.6 is 11.6 Å². The lowest BCUT2D eigenvalue weighted by Crippen LogP contribution is -2.57. The lowest BCUT2D eigenvalue weighted by atomic mass is 9.98. The third kappa shape index (κ3) is 3.60. The van der Waals surface area contributed by atoms with Gasteiger partial charge in [0, 0.05) is 18.7 Å². The van der Waals surface area contributed by atoms with Crippen molar-refractivity contribution in [3.05, 3.63) is 28.8 Å². The molecule has 6 heteroatoms. The van der Waals surface area contributed by atoms with Crippen molar-refractivity contribution in [2.75, 3.05) is 18.0 Å². The van der Waals surface area contributed by atoms with Crippen molar-refractivity contribution in [3.8, 4) is 0 Å². The maximum atomic E-state index is 8.73. The molecule has 0 saturated carbocycles. The zero-order chi connectivity index (χ0) is 15.8. The Morgan fingerprint density at radius 2 is 1.86 bits per heavy atom. The quantitative estimate of drug-likeness (QED) is 0.381. The fourth-order valence-electron chi connectivity index (χ4n) is 2.94. The van der Waals surface area contributed by atoms with Crippen LogP contribution in [0.15, 0.2) is 23.4 Å². The zero-order valence-electron chi connectivity index (χ0n) is 12.9. The van der Waals surface area contributed by atoms with Crippen molar-refractivity contribution in [1.82, 2.24) is 0 Å². The van der Waals surface area contributed by atoms with Gasteiger partial charge in [-0.3, -0.25) is 0 Å². The summed E-state index contributed by atoms with van der Waals surface area (Å²) in [4.78, 5) is 2.21. The lowest BCUT2D eigenvalue weighted by Gasteiger charge is -2.48. The molecule has 5 nitrogen and oxygen atoms in total. The van der Waals surface area contributed by atoms with Gasteiger partial charge in [-0.2, -0.15) is 0 Å². The number of amidine groups is 1. The van der Waals surface area contributed by atoms with E-state index in [0.29, 0.717) is 10.6 Å². The van der Waals surface area contributed by atoms with E-state index in [1.807, 2.05) is 6.07 Å². The molecule has 21 heavy (non-hydrogen) atoms. The van der Waals surface area contributed by atoms with Crippen LogP contribution in [0.1, 0.15) is 33.3 Å². The minimum Gasteiger partial charge on any atom is -0.409 e. The molecule has 0 aromatic heterocycles. The van der Waals surface area contributed by atoms with Crippen LogP contribution in [0.5, 0.6) is 0 Å². The van der Waals surface area contributed by atoms with Gasteiger partial charge in [0.15, 0.2) is 5.84 Å². The number of ether oxygens (including phenoxy) is 1. The summed E-state index contributed by atoms with van der Waals surface area (Å²) in [5, 5.41) is 12.3. The summed E-state index contributed by atoms with van der Waals surface area (Å²) >= 11 is 6.38. The number of hydrogen-bond donors (Lipinski definition) is 2. The maximum Gasteiger partial charge on any atom is 0.170 e. The molecule has 0 atom stereocenters. The Morgan fingerprint density at radius 3 is 2.33 bits per heavy atom. The van der Waals surface area contributed by atoms with E-state index in [1.165, 1.54) is 0 Å². The molecule has 116 valence electrons. The van der Waals surface area contributed by atoms with Gasteiger partial charge in [-0.1, -0.05) is 16.8 Å². The predicted molar refractivity (Wildman–Crippen MR) is 85.4 cm³/mol. The van der Waals surface area contributed by atoms with Gasteiger partial charge in [0.05, 0.1) is 21.9 Å². The first-order valence-electron chi connectivity index (χ1n) is 6.86. The zero-order valence-corrected chi connectivity index (χ0v) is 13.6. The minimum atomic E-state index is -0.255. The SMILES string of the molecule is CC1(C)CN(c2ccc(/C(N)=N/O)cc2Cl)CC(C)(C)O1. The van der Waals surface area contributed by atoms with Crippen molar-refractivity contribution < 1.29 is 9.94 Å². The Morgan fingerprint density at radius 1 is 1.29 bits per heavy atom. The average molecular weight is 312 g/mol. The largest absolute Gasteiger partial charge is 0.409 e. The molecule has 2 rings (SSSR count). The van der Waals surface area contributed by atoms with E-state index in [9.17, 15) is 0 Å². The fourth-order valence-corrected chi connectivity index (χ4v) is 3.24. The topological polar surface area (TPSA) is 71.1 Å². The van der Waals surface area contributed by atoms with Crippen LogP contribution in [0.3, 0.4) is 0 Å². The van der Waals surface area contributed by atoms with Gasteiger partial charge in [-0.05, 0) is 45.9 Å². The number of oxime groups is 1. The molecule has 1 heterocycles. The predicted octanol–water partition coefficient (Wildman–Crippen LogP) is 2.83. The number of hydrogen-bond acceptors (Lipinski definition) is 4. The number of halogens is 1. The highest BCUT2D eigenvalue weighted by molar-refractivity contribution is 6.33. The van der Waals surface area contributed by atoms with Gasteiger partial charge >= 0.3 is 0 Å². The van der Waals surface area contributed by atoms with Crippen LogP contribution in [0.2, 0.25) is 5.02 Å². The van der Waals surface area contributed by atoms with Crippen LogP contribution in [0, 0.1) is 0 Å². The highest BCUT2D eigenvalue weighted by Crippen LogP contribution is 2.35. The van der Waals surface area contributed by atoms with Gasteiger partial charge in [0.1, 0.15) is 0 Å². The summed E-state index contributed by atoms with van der Waals surface area (Å²) < 4.78 is 6.08. The van der Waals surface area contributed by atoms with Crippen LogP contribution in [0.25, 0.3) is 0 Å². The molecule has 1 aromatic rings. The smallest absolute Gasteiger partial charge is 0.170 e. The van der Waals surface area contributed by atoms with Crippen molar-refractivity contribution >= 4 is 23.1 Å². The summed E-state index contributed by atoms with van der Waals surface area (Å²) in [6, 6.07) is 5.40. The van der Waals surface area contributed by atoms with Crippen molar-refractivity contribution in [1.29, 1.82) is 0 Å². The monoisotopic (exact) mass is 311 g/mol. The molecule has 1 aromatic carbocycles. The molecule has 0 unspecified atom stereocenters. The van der Waals surface area contributed by atoms with Crippen LogP contribution in [-0.4, -0.2) is 35.3 Å². The standard InChI is InChI=1S/C15H22ClN3O2/c1-14(2)8-19(9-15(3,4)21-14)12-6-5-10(7-11(12)16)13(17)18-20/h5-7,20H,8-9H2,1-4H3,(H2,17,18). The molecule has 1 aliphatic rings. The fraction of sp³-hybridized carbons (Fsp3) is 0.533. The van der Waals surface area contributed by atoms with Crippen molar-refractivity contribution in [2.45, 2.75) is 38.9 Å². The van der Waals surface area contributed by atoms with Gasteiger partial charge in [-0.25, -0.2) is 0 Å². The summed E-state index contributed by atoms with van der Waals surface area (Å²) in [5.41, 5.74) is 6.60. The van der Waals surface area contributed by atoms with E-state index in [4.69, 9.17) is 27.3 Å². The van der Waals surface area contributed by atoms with E-state index in [1.54, 1.807) is 12.1 Å². The molecule has 1 saturated heterocycles. The van der Waals surface area contributed by atoms with E-state index in [-0.39, 0.29) is 17.0 Å². The Labute approximate surface area is 130 Å².